The average molecular weight is 645 g/mol. The van der Waals surface area contributed by atoms with Crippen molar-refractivity contribution in [3.8, 4) is 22.4 Å². The van der Waals surface area contributed by atoms with Gasteiger partial charge in [-0.3, -0.25) is 10.4 Å². The normalized spacial score (nSPS) is 12.0. The van der Waals surface area contributed by atoms with Gasteiger partial charge in [-0.05, 0) is 74.4 Å². The number of carbonyl (C=O) groups excluding carboxylic acids is 1. The molecule has 0 unspecified atom stereocenters. The number of nitrogens with zero attached hydrogens (tertiary/aromatic N) is 2. The van der Waals surface area contributed by atoms with E-state index in [1.807, 2.05) is 0 Å². The number of rotatable bonds is 6. The molecule has 8 nitrogen and oxygen atoms in total. The highest BCUT2D eigenvalue weighted by Crippen LogP contribution is 2.35. The average Bonchev–Trinajstić information content (AvgIpc) is 2.95. The quantitative estimate of drug-likeness (QED) is 0.164. The van der Waals surface area contributed by atoms with Crippen LogP contribution < -0.4 is 5.32 Å². The first kappa shape index (κ1) is 32.5. The molecule has 4 aromatic rings. The lowest BCUT2D eigenvalue weighted by Crippen LogP contribution is -2.49. The van der Waals surface area contributed by atoms with Crippen molar-refractivity contribution < 1.29 is 31.1 Å². The van der Waals surface area contributed by atoms with Crippen molar-refractivity contribution in [2.45, 2.75) is 44.0 Å². The van der Waals surface area contributed by atoms with Crippen molar-refractivity contribution in [3.63, 3.8) is 0 Å². The Morgan fingerprint density at radius 3 is 2.11 bits per heavy atom. The zero-order valence-electron chi connectivity index (χ0n) is 23.8. The molecule has 0 aliphatic heterocycles. The highest BCUT2D eigenvalue weighted by Gasteiger charge is 2.36. The third kappa shape index (κ3) is 7.74. The third-order valence-corrected chi connectivity index (χ3v) is 8.02. The van der Waals surface area contributed by atoms with E-state index in [4.69, 9.17) is 21.7 Å². The number of hydrogen-bond donors (Lipinski definition) is 2. The number of benzene rings is 3. The van der Waals surface area contributed by atoms with Crippen LogP contribution in [0, 0.1) is 5.41 Å². The lowest BCUT2D eigenvalue weighted by Gasteiger charge is -2.27. The molecule has 0 spiro atoms. The fourth-order valence-electron chi connectivity index (χ4n) is 4.07. The van der Waals surface area contributed by atoms with Crippen molar-refractivity contribution in [2.75, 3.05) is 0 Å². The van der Waals surface area contributed by atoms with Gasteiger partial charge >= 0.3 is 12.3 Å². The molecule has 0 aliphatic rings. The molecule has 1 heterocycles. The Morgan fingerprint density at radius 1 is 0.955 bits per heavy atom. The van der Waals surface area contributed by atoms with E-state index in [1.165, 1.54) is 42.6 Å². The van der Waals surface area contributed by atoms with Crippen LogP contribution in [0.5, 0.6) is 0 Å². The van der Waals surface area contributed by atoms with Gasteiger partial charge in [-0.1, -0.05) is 54.1 Å². The number of guanidine groups is 1. The molecule has 0 aliphatic carbocycles. The van der Waals surface area contributed by atoms with Gasteiger partial charge in [0, 0.05) is 28.9 Å². The predicted octanol–water partition coefficient (Wildman–Crippen LogP) is 7.74. The number of alkyl halides is 3. The van der Waals surface area contributed by atoms with E-state index in [2.05, 4.69) is 10.3 Å². The monoisotopic (exact) mass is 644 g/mol. The highest BCUT2D eigenvalue weighted by molar-refractivity contribution is 7.90. The molecule has 0 fully saturated rings. The van der Waals surface area contributed by atoms with Crippen LogP contribution >= 0.6 is 11.6 Å². The molecular formula is C31H28ClF3N4O4S. The van der Waals surface area contributed by atoms with E-state index in [0.717, 1.165) is 12.1 Å². The maximum Gasteiger partial charge on any atom is 0.431 e. The fourth-order valence-corrected chi connectivity index (χ4v) is 5.45. The van der Waals surface area contributed by atoms with Crippen molar-refractivity contribution >= 4 is 33.7 Å². The van der Waals surface area contributed by atoms with Crippen molar-refractivity contribution in [3.05, 3.63) is 107 Å². The van der Waals surface area contributed by atoms with Gasteiger partial charge in [0.05, 0.1) is 16.2 Å². The van der Waals surface area contributed by atoms with Gasteiger partial charge in [0.1, 0.15) is 5.60 Å². The SMILES string of the molecule is CC(C)(C)OC(=O)N(C(=N)NCc1cnc(-c2ccc(Cl)cc2)c(-c2ccc(C(F)(F)F)cc2)c1)S(=O)(=O)c1ccccc1. The first-order chi connectivity index (χ1) is 20.6. The molecule has 44 heavy (non-hydrogen) atoms. The summed E-state index contributed by atoms with van der Waals surface area (Å²) in [4.78, 5) is 17.3. The van der Waals surface area contributed by atoms with E-state index in [9.17, 15) is 26.4 Å². The van der Waals surface area contributed by atoms with Gasteiger partial charge < -0.3 is 10.1 Å². The van der Waals surface area contributed by atoms with Crippen LogP contribution in [0.15, 0.2) is 96.0 Å². The number of aromatic nitrogens is 1. The van der Waals surface area contributed by atoms with E-state index < -0.39 is 39.4 Å². The minimum absolute atomic E-state index is 0.163. The highest BCUT2D eigenvalue weighted by atomic mass is 35.5. The second-order valence-electron chi connectivity index (χ2n) is 10.6. The topological polar surface area (TPSA) is 112 Å². The predicted molar refractivity (Wildman–Crippen MR) is 161 cm³/mol. The minimum atomic E-state index is -4.54. The molecule has 2 N–H and O–H groups in total. The molecule has 0 saturated carbocycles. The standard InChI is InChI=1S/C31H28ClF3N4O4S/c1-30(2,3)43-29(40)39(44(41,42)25-7-5-4-6-8-25)28(36)38-19-20-17-26(21-9-13-23(14-10-21)31(33,34)35)27(37-18-20)22-11-15-24(32)16-12-22/h4-18H,19H2,1-3H3,(H2,36,38). The second-order valence-corrected chi connectivity index (χ2v) is 12.8. The number of pyridine rings is 1. The summed E-state index contributed by atoms with van der Waals surface area (Å²) in [5, 5.41) is 11.7. The number of nitrogens with one attached hydrogen (secondary N) is 2. The molecule has 0 radical (unpaired) electrons. The summed E-state index contributed by atoms with van der Waals surface area (Å²) in [6, 6.07) is 20.1. The molecule has 4 rings (SSSR count). The Labute approximate surface area is 258 Å². The van der Waals surface area contributed by atoms with Crippen LogP contribution in [-0.4, -0.2) is 35.4 Å². The number of amides is 1. The minimum Gasteiger partial charge on any atom is -0.443 e. The summed E-state index contributed by atoms with van der Waals surface area (Å²) >= 11 is 6.03. The summed E-state index contributed by atoms with van der Waals surface area (Å²) in [6.45, 7) is 4.52. The van der Waals surface area contributed by atoms with Crippen LogP contribution in [0.4, 0.5) is 18.0 Å². The molecule has 3 aromatic carbocycles. The van der Waals surface area contributed by atoms with Crippen LogP contribution in [0.1, 0.15) is 31.9 Å². The molecule has 0 atom stereocenters. The number of hydrogen-bond acceptors (Lipinski definition) is 6. The maximum atomic E-state index is 13.4. The summed E-state index contributed by atoms with van der Waals surface area (Å²) in [5.74, 6) is -0.777. The molecule has 0 bridgehead atoms. The van der Waals surface area contributed by atoms with Crippen molar-refractivity contribution in [1.29, 1.82) is 5.41 Å². The smallest absolute Gasteiger partial charge is 0.431 e. The lowest BCUT2D eigenvalue weighted by atomic mass is 9.97. The maximum absolute atomic E-state index is 13.4. The third-order valence-electron chi connectivity index (χ3n) is 6.09. The molecule has 1 aromatic heterocycles. The Bertz CT molecular complexity index is 1760. The number of halogens is 4. The van der Waals surface area contributed by atoms with Gasteiger partial charge in [0.25, 0.3) is 10.0 Å². The Kier molecular flexibility index (Phi) is 9.36. The molecule has 1 amide bonds. The van der Waals surface area contributed by atoms with Crippen LogP contribution in [0.3, 0.4) is 0 Å². The van der Waals surface area contributed by atoms with Gasteiger partial charge in [0.15, 0.2) is 0 Å². The molecule has 0 saturated heterocycles. The van der Waals surface area contributed by atoms with Gasteiger partial charge in [-0.2, -0.15) is 13.2 Å². The summed E-state index contributed by atoms with van der Waals surface area (Å²) in [7, 11) is -4.54. The van der Waals surface area contributed by atoms with Crippen LogP contribution in [0.2, 0.25) is 5.02 Å². The van der Waals surface area contributed by atoms with E-state index in [-0.39, 0.29) is 15.7 Å². The largest absolute Gasteiger partial charge is 0.443 e. The Hall–Kier alpha value is -4.42. The fraction of sp³-hybridized carbons (Fsp3) is 0.194. The number of carbonyl (C=O) groups is 1. The molecule has 13 heteroatoms. The first-order valence-electron chi connectivity index (χ1n) is 13.1. The number of sulfonamides is 1. The van der Waals surface area contributed by atoms with Gasteiger partial charge in [-0.25, -0.2) is 13.2 Å². The lowest BCUT2D eigenvalue weighted by molar-refractivity contribution is -0.137. The molecular weight excluding hydrogens is 617 g/mol. The van der Waals surface area contributed by atoms with Crippen LogP contribution in [0.25, 0.3) is 22.4 Å². The second kappa shape index (κ2) is 12.7. The van der Waals surface area contributed by atoms with Gasteiger partial charge in [0.2, 0.25) is 5.96 Å². The first-order valence-corrected chi connectivity index (χ1v) is 15.0. The summed E-state index contributed by atoms with van der Waals surface area (Å²) < 4.78 is 72.0. The zero-order chi connectivity index (χ0) is 32.3. The summed E-state index contributed by atoms with van der Waals surface area (Å²) in [5.41, 5.74) is 0.616. The Balaban J connectivity index is 1.69. The Morgan fingerprint density at radius 2 is 1.55 bits per heavy atom. The van der Waals surface area contributed by atoms with Crippen molar-refractivity contribution in [2.24, 2.45) is 0 Å². The van der Waals surface area contributed by atoms with E-state index in [0.29, 0.717) is 33.0 Å². The van der Waals surface area contributed by atoms with E-state index >= 15 is 0 Å². The van der Waals surface area contributed by atoms with Crippen molar-refractivity contribution in [1.82, 2.24) is 14.6 Å². The molecule has 230 valence electrons. The number of ether oxygens (including phenoxy) is 1. The summed E-state index contributed by atoms with van der Waals surface area (Å²) in [6.07, 6.45) is -4.32. The van der Waals surface area contributed by atoms with Crippen LogP contribution in [-0.2, 0) is 27.5 Å². The zero-order valence-corrected chi connectivity index (χ0v) is 25.4. The van der Waals surface area contributed by atoms with E-state index in [1.54, 1.807) is 57.2 Å². The van der Waals surface area contributed by atoms with Gasteiger partial charge in [-0.15, -0.1) is 4.31 Å².